The van der Waals surface area contributed by atoms with Crippen molar-refractivity contribution in [1.82, 2.24) is 9.97 Å². The molecule has 3 aromatic carbocycles. The molecule has 0 saturated heterocycles. The molecule has 0 atom stereocenters. The van der Waals surface area contributed by atoms with E-state index in [-0.39, 0.29) is 11.8 Å². The van der Waals surface area contributed by atoms with Crippen LogP contribution in [0.2, 0.25) is 0 Å². The molecule has 0 fully saturated rings. The number of carbonyl (C=O) groups is 2. The minimum Gasteiger partial charge on any atom is -0.436 e. The number of carbonyl (C=O) groups excluding carboxylic acids is 2. The molecule has 7 nitrogen and oxygen atoms in total. The highest BCUT2D eigenvalue weighted by Crippen LogP contribution is 2.38. The molecule has 6 rings (SSSR count). The summed E-state index contributed by atoms with van der Waals surface area (Å²) in [7, 11) is 0. The molecule has 0 aliphatic carbocycles. The topological polar surface area (TPSA) is 84.4 Å². The number of aromatic nitrogens is 2. The monoisotopic (exact) mass is 512 g/mol. The number of anilines is 2. The minimum atomic E-state index is -0.233. The second kappa shape index (κ2) is 10.2. The Labute approximate surface area is 225 Å². The third-order valence-electron chi connectivity index (χ3n) is 6.66. The van der Waals surface area contributed by atoms with E-state index in [1.165, 1.54) is 0 Å². The highest BCUT2D eigenvalue weighted by atomic mass is 16.5. The van der Waals surface area contributed by atoms with Gasteiger partial charge in [-0.25, -0.2) is 4.98 Å². The van der Waals surface area contributed by atoms with Gasteiger partial charge in [0.05, 0.1) is 12.2 Å². The van der Waals surface area contributed by atoms with Gasteiger partial charge in [-0.2, -0.15) is 0 Å². The average Bonchev–Trinajstić information content (AvgIpc) is 3.14. The summed E-state index contributed by atoms with van der Waals surface area (Å²) in [5.41, 5.74) is 5.65. The summed E-state index contributed by atoms with van der Waals surface area (Å²) < 4.78 is 6.04. The first-order valence-corrected chi connectivity index (χ1v) is 12.5. The molecule has 1 N–H and O–H groups in total. The van der Waals surface area contributed by atoms with Gasteiger partial charge in [0.1, 0.15) is 0 Å². The lowest BCUT2D eigenvalue weighted by Gasteiger charge is -2.23. The van der Waals surface area contributed by atoms with Gasteiger partial charge >= 0.3 is 0 Å². The Morgan fingerprint density at radius 1 is 0.846 bits per heavy atom. The summed E-state index contributed by atoms with van der Waals surface area (Å²) in [5, 5.41) is 2.99. The highest BCUT2D eigenvalue weighted by Gasteiger charge is 2.27. The number of hydrogen-bond acceptors (Lipinski definition) is 5. The molecule has 1 aliphatic rings. The van der Waals surface area contributed by atoms with Crippen LogP contribution < -0.4 is 15.0 Å². The maximum absolute atomic E-state index is 13.9. The van der Waals surface area contributed by atoms with Crippen molar-refractivity contribution in [3.05, 3.63) is 132 Å². The lowest BCUT2D eigenvalue weighted by molar-refractivity contribution is 0.0983. The van der Waals surface area contributed by atoms with Gasteiger partial charge in [0, 0.05) is 41.0 Å². The minimum absolute atomic E-state index is 0.166. The zero-order valence-corrected chi connectivity index (χ0v) is 21.2. The van der Waals surface area contributed by atoms with Gasteiger partial charge in [-0.15, -0.1) is 0 Å². The second-order valence-corrected chi connectivity index (χ2v) is 9.19. The maximum Gasteiger partial charge on any atom is 0.258 e. The standard InChI is InChI=1S/C32H24N4O3/c1-21-19-24(35-30(37)27-9-3-2-8-26(27)22-14-17-33-18-15-22)12-13-25(21)32(38)36-20-23-7-6-16-34-31(23)39-29-11-5-4-10-28(29)36/h2-19H,20H2,1H3,(H,35,37). The molecule has 5 aromatic rings. The molecule has 190 valence electrons. The van der Waals surface area contributed by atoms with Crippen LogP contribution in [0.15, 0.2) is 110 Å². The Kier molecular flexibility index (Phi) is 6.31. The van der Waals surface area contributed by atoms with E-state index in [1.807, 2.05) is 79.7 Å². The molecule has 39 heavy (non-hydrogen) atoms. The van der Waals surface area contributed by atoms with Crippen LogP contribution in [0.1, 0.15) is 31.8 Å². The van der Waals surface area contributed by atoms with E-state index in [2.05, 4.69) is 15.3 Å². The van der Waals surface area contributed by atoms with Crippen molar-refractivity contribution in [2.24, 2.45) is 0 Å². The zero-order chi connectivity index (χ0) is 26.8. The third-order valence-corrected chi connectivity index (χ3v) is 6.66. The Morgan fingerprint density at radius 2 is 1.64 bits per heavy atom. The number of ether oxygens (including phenoxy) is 1. The van der Waals surface area contributed by atoms with Gasteiger partial charge in [-0.1, -0.05) is 36.4 Å². The molecule has 2 aromatic heterocycles. The number of hydrogen-bond donors (Lipinski definition) is 1. The summed E-state index contributed by atoms with van der Waals surface area (Å²) >= 11 is 0. The SMILES string of the molecule is Cc1cc(NC(=O)c2ccccc2-c2ccncc2)ccc1C(=O)N1Cc2cccnc2Oc2ccccc21. The summed E-state index contributed by atoms with van der Waals surface area (Å²) in [4.78, 5) is 37.2. The molecule has 2 amide bonds. The first-order valence-electron chi connectivity index (χ1n) is 12.5. The maximum atomic E-state index is 13.9. The third kappa shape index (κ3) is 4.73. The Hall–Kier alpha value is -5.30. The molecule has 0 saturated carbocycles. The van der Waals surface area contributed by atoms with Crippen LogP contribution in [-0.4, -0.2) is 21.8 Å². The molecule has 0 unspecified atom stereocenters. The van der Waals surface area contributed by atoms with Gasteiger partial charge in [-0.05, 0) is 78.2 Å². The van der Waals surface area contributed by atoms with E-state index in [0.717, 1.165) is 22.3 Å². The fraction of sp³-hybridized carbons (Fsp3) is 0.0625. The fourth-order valence-corrected chi connectivity index (χ4v) is 4.73. The van der Waals surface area contributed by atoms with E-state index in [0.29, 0.717) is 40.7 Å². The molecular weight excluding hydrogens is 488 g/mol. The second-order valence-electron chi connectivity index (χ2n) is 9.19. The van der Waals surface area contributed by atoms with E-state index in [4.69, 9.17) is 4.74 Å². The van der Waals surface area contributed by atoms with Crippen molar-refractivity contribution >= 4 is 23.2 Å². The number of amides is 2. The van der Waals surface area contributed by atoms with E-state index < -0.39 is 0 Å². The van der Waals surface area contributed by atoms with Crippen molar-refractivity contribution in [2.75, 3.05) is 10.2 Å². The van der Waals surface area contributed by atoms with Crippen molar-refractivity contribution in [3.63, 3.8) is 0 Å². The van der Waals surface area contributed by atoms with Gasteiger partial charge in [0.2, 0.25) is 5.88 Å². The number of rotatable bonds is 4. The van der Waals surface area contributed by atoms with Crippen LogP contribution in [-0.2, 0) is 6.54 Å². The fourth-order valence-electron chi connectivity index (χ4n) is 4.73. The number of benzene rings is 3. The molecule has 0 bridgehead atoms. The van der Waals surface area contributed by atoms with Gasteiger partial charge in [-0.3, -0.25) is 14.6 Å². The Bertz CT molecular complexity index is 1700. The van der Waals surface area contributed by atoms with Crippen LogP contribution in [0.25, 0.3) is 11.1 Å². The summed E-state index contributed by atoms with van der Waals surface area (Å²) in [6, 6.07) is 27.7. The predicted molar refractivity (Wildman–Crippen MR) is 150 cm³/mol. The van der Waals surface area contributed by atoms with Crippen molar-refractivity contribution in [2.45, 2.75) is 13.5 Å². The number of pyridine rings is 2. The van der Waals surface area contributed by atoms with Crippen LogP contribution in [0.3, 0.4) is 0 Å². The number of aryl methyl sites for hydroxylation is 1. The van der Waals surface area contributed by atoms with E-state index >= 15 is 0 Å². The number of nitrogens with zero attached hydrogens (tertiary/aromatic N) is 3. The average molecular weight is 513 g/mol. The number of fused-ring (bicyclic) bond motifs is 2. The van der Waals surface area contributed by atoms with Crippen LogP contribution in [0, 0.1) is 6.92 Å². The summed E-state index contributed by atoms with van der Waals surface area (Å²) in [6.07, 6.45) is 5.08. The van der Waals surface area contributed by atoms with Crippen LogP contribution in [0.4, 0.5) is 11.4 Å². The number of nitrogens with one attached hydrogen (secondary N) is 1. The molecule has 0 radical (unpaired) electrons. The number of para-hydroxylation sites is 2. The lowest BCUT2D eigenvalue weighted by atomic mass is 10.00. The Balaban J connectivity index is 1.28. The van der Waals surface area contributed by atoms with Gasteiger partial charge in [0.25, 0.3) is 11.8 Å². The van der Waals surface area contributed by atoms with E-state index in [9.17, 15) is 9.59 Å². The molecule has 0 spiro atoms. The summed E-state index contributed by atoms with van der Waals surface area (Å²) in [5.74, 6) is 0.657. The van der Waals surface area contributed by atoms with Crippen molar-refractivity contribution < 1.29 is 14.3 Å². The van der Waals surface area contributed by atoms with Crippen molar-refractivity contribution in [1.29, 1.82) is 0 Å². The zero-order valence-electron chi connectivity index (χ0n) is 21.2. The van der Waals surface area contributed by atoms with Crippen LogP contribution in [0.5, 0.6) is 11.6 Å². The molecule has 7 heteroatoms. The smallest absolute Gasteiger partial charge is 0.258 e. The van der Waals surface area contributed by atoms with E-state index in [1.54, 1.807) is 41.7 Å². The Morgan fingerprint density at radius 3 is 2.49 bits per heavy atom. The lowest BCUT2D eigenvalue weighted by Crippen LogP contribution is -2.30. The summed E-state index contributed by atoms with van der Waals surface area (Å²) in [6.45, 7) is 2.19. The first kappa shape index (κ1) is 24.1. The molecule has 3 heterocycles. The largest absolute Gasteiger partial charge is 0.436 e. The first-order chi connectivity index (χ1) is 19.1. The van der Waals surface area contributed by atoms with Gasteiger partial charge in [0.15, 0.2) is 5.75 Å². The van der Waals surface area contributed by atoms with Crippen LogP contribution >= 0.6 is 0 Å². The molecule has 1 aliphatic heterocycles. The quantitative estimate of drug-likeness (QED) is 0.291. The highest BCUT2D eigenvalue weighted by molar-refractivity contribution is 6.10. The normalized spacial score (nSPS) is 12.0. The predicted octanol–water partition coefficient (Wildman–Crippen LogP) is 6.66. The van der Waals surface area contributed by atoms with Crippen molar-refractivity contribution in [3.8, 4) is 22.8 Å². The molecular formula is C32H24N4O3. The van der Waals surface area contributed by atoms with Gasteiger partial charge < -0.3 is 15.0 Å².